The van der Waals surface area contributed by atoms with Gasteiger partial charge in [-0.2, -0.15) is 4.31 Å². The van der Waals surface area contributed by atoms with Crippen molar-refractivity contribution in [2.75, 3.05) is 18.8 Å². The van der Waals surface area contributed by atoms with Crippen LogP contribution in [0.3, 0.4) is 0 Å². The second-order valence-electron chi connectivity index (χ2n) is 5.26. The molecule has 0 aromatic heterocycles. The molecular formula is C12H24N2O2S. The van der Waals surface area contributed by atoms with E-state index in [0.29, 0.717) is 24.4 Å². The number of nitrogens with zero attached hydrogens (tertiary/aromatic N) is 1. The predicted octanol–water partition coefficient (Wildman–Crippen LogP) is 1.33. The predicted molar refractivity (Wildman–Crippen MR) is 69.4 cm³/mol. The van der Waals surface area contributed by atoms with Gasteiger partial charge in [0.25, 0.3) is 0 Å². The lowest BCUT2D eigenvalue weighted by Crippen LogP contribution is -2.43. The molecule has 2 aliphatic rings. The van der Waals surface area contributed by atoms with E-state index in [1.54, 1.807) is 4.31 Å². The summed E-state index contributed by atoms with van der Waals surface area (Å²) in [5.74, 6) is 0.326. The first-order chi connectivity index (χ1) is 8.13. The van der Waals surface area contributed by atoms with Crippen molar-refractivity contribution in [1.29, 1.82) is 0 Å². The minimum Gasteiger partial charge on any atom is -0.313 e. The Hall–Kier alpha value is -0.130. The van der Waals surface area contributed by atoms with E-state index in [1.807, 2.05) is 6.92 Å². The van der Waals surface area contributed by atoms with Gasteiger partial charge >= 0.3 is 0 Å². The van der Waals surface area contributed by atoms with Gasteiger partial charge in [0.2, 0.25) is 10.0 Å². The summed E-state index contributed by atoms with van der Waals surface area (Å²) in [4.78, 5) is 0. The quantitative estimate of drug-likeness (QED) is 0.751. The van der Waals surface area contributed by atoms with Crippen molar-refractivity contribution in [3.8, 4) is 0 Å². The minimum atomic E-state index is -3.02. The van der Waals surface area contributed by atoms with Gasteiger partial charge in [0.1, 0.15) is 0 Å². The Balaban J connectivity index is 1.95. The fourth-order valence-electron chi connectivity index (χ4n) is 2.43. The van der Waals surface area contributed by atoms with E-state index in [0.717, 1.165) is 38.6 Å². The Bertz CT molecular complexity index is 332. The second kappa shape index (κ2) is 5.67. The number of rotatable bonds is 7. The van der Waals surface area contributed by atoms with Crippen molar-refractivity contribution >= 4 is 10.0 Å². The molecular weight excluding hydrogens is 236 g/mol. The van der Waals surface area contributed by atoms with Crippen molar-refractivity contribution < 1.29 is 8.42 Å². The van der Waals surface area contributed by atoms with Gasteiger partial charge in [-0.15, -0.1) is 0 Å². The normalized spacial score (nSPS) is 25.6. The molecule has 1 aliphatic heterocycles. The van der Waals surface area contributed by atoms with Gasteiger partial charge in [-0.05, 0) is 38.6 Å². The molecule has 0 radical (unpaired) electrons. The van der Waals surface area contributed by atoms with Gasteiger partial charge in [0, 0.05) is 18.6 Å². The Morgan fingerprint density at radius 2 is 2.06 bits per heavy atom. The van der Waals surface area contributed by atoms with Crippen LogP contribution >= 0.6 is 0 Å². The van der Waals surface area contributed by atoms with Crippen LogP contribution in [-0.4, -0.2) is 43.6 Å². The van der Waals surface area contributed by atoms with Crippen molar-refractivity contribution in [2.45, 2.75) is 57.5 Å². The summed E-state index contributed by atoms with van der Waals surface area (Å²) in [6.07, 6.45) is 6.13. The summed E-state index contributed by atoms with van der Waals surface area (Å²) in [5, 5.41) is 3.39. The molecule has 1 heterocycles. The molecule has 2 rings (SSSR count). The zero-order valence-corrected chi connectivity index (χ0v) is 11.5. The highest BCUT2D eigenvalue weighted by Crippen LogP contribution is 2.30. The third-order valence-corrected chi connectivity index (χ3v) is 5.60. The van der Waals surface area contributed by atoms with Crippen LogP contribution in [0.15, 0.2) is 0 Å². The van der Waals surface area contributed by atoms with E-state index in [9.17, 15) is 8.42 Å². The molecule has 0 aromatic rings. The maximum absolute atomic E-state index is 12.3. The van der Waals surface area contributed by atoms with Crippen LogP contribution in [0.4, 0.5) is 0 Å². The van der Waals surface area contributed by atoms with Crippen LogP contribution in [-0.2, 0) is 10.0 Å². The van der Waals surface area contributed by atoms with Crippen molar-refractivity contribution in [2.24, 2.45) is 0 Å². The van der Waals surface area contributed by atoms with Gasteiger partial charge in [0.15, 0.2) is 0 Å². The molecule has 0 aromatic carbocycles. The molecule has 0 amide bonds. The first kappa shape index (κ1) is 13.3. The highest BCUT2D eigenvalue weighted by molar-refractivity contribution is 7.89. The highest BCUT2D eigenvalue weighted by Gasteiger charge is 2.38. The van der Waals surface area contributed by atoms with Gasteiger partial charge < -0.3 is 5.32 Å². The van der Waals surface area contributed by atoms with Crippen molar-refractivity contribution in [3.05, 3.63) is 0 Å². The molecule has 5 heteroatoms. The fourth-order valence-corrected chi connectivity index (χ4v) is 4.39. The molecule has 100 valence electrons. The molecule has 0 spiro atoms. The molecule has 0 bridgehead atoms. The zero-order chi connectivity index (χ0) is 12.3. The monoisotopic (exact) mass is 260 g/mol. The third kappa shape index (κ3) is 3.66. The molecule has 1 saturated carbocycles. The van der Waals surface area contributed by atoms with Crippen LogP contribution in [0.25, 0.3) is 0 Å². The van der Waals surface area contributed by atoms with Crippen molar-refractivity contribution in [1.82, 2.24) is 9.62 Å². The molecule has 17 heavy (non-hydrogen) atoms. The lowest BCUT2D eigenvalue weighted by molar-refractivity contribution is 0.362. The van der Waals surface area contributed by atoms with E-state index in [-0.39, 0.29) is 0 Å². The average molecular weight is 260 g/mol. The van der Waals surface area contributed by atoms with Crippen LogP contribution in [0.2, 0.25) is 0 Å². The molecule has 1 unspecified atom stereocenters. The summed E-state index contributed by atoms with van der Waals surface area (Å²) in [7, 11) is -3.02. The van der Waals surface area contributed by atoms with E-state index >= 15 is 0 Å². The maximum Gasteiger partial charge on any atom is 0.214 e. The summed E-state index contributed by atoms with van der Waals surface area (Å²) < 4.78 is 26.3. The molecule has 2 fully saturated rings. The molecule has 1 saturated heterocycles. The molecule has 1 atom stereocenters. The van der Waals surface area contributed by atoms with Gasteiger partial charge in [-0.3, -0.25) is 0 Å². The van der Waals surface area contributed by atoms with Crippen molar-refractivity contribution in [3.63, 3.8) is 0 Å². The Kier molecular flexibility index (Phi) is 4.44. The van der Waals surface area contributed by atoms with Crippen LogP contribution in [0, 0.1) is 0 Å². The van der Waals surface area contributed by atoms with Gasteiger partial charge in [-0.1, -0.05) is 13.3 Å². The number of hydrogen-bond donors (Lipinski definition) is 1. The van der Waals surface area contributed by atoms with Crippen LogP contribution < -0.4 is 5.32 Å². The summed E-state index contributed by atoms with van der Waals surface area (Å²) in [6.45, 7) is 3.77. The minimum absolute atomic E-state index is 0.305. The Morgan fingerprint density at radius 3 is 2.59 bits per heavy atom. The third-order valence-electron chi connectivity index (χ3n) is 3.63. The topological polar surface area (TPSA) is 49.4 Å². The first-order valence-electron chi connectivity index (χ1n) is 6.86. The van der Waals surface area contributed by atoms with E-state index in [1.165, 1.54) is 6.42 Å². The largest absolute Gasteiger partial charge is 0.313 e. The summed E-state index contributed by atoms with van der Waals surface area (Å²) >= 11 is 0. The van der Waals surface area contributed by atoms with Crippen LogP contribution in [0.1, 0.15) is 45.4 Å². The number of unbranched alkanes of at least 4 members (excludes halogenated alkanes) is 1. The average Bonchev–Trinajstić information content (AvgIpc) is 3.00. The van der Waals surface area contributed by atoms with Gasteiger partial charge in [-0.25, -0.2) is 8.42 Å². The Labute approximate surface area is 105 Å². The lowest BCUT2D eigenvalue weighted by atomic mass is 10.2. The number of sulfonamides is 1. The number of nitrogens with one attached hydrogen (secondary N) is 1. The highest BCUT2D eigenvalue weighted by atomic mass is 32.2. The van der Waals surface area contributed by atoms with Crippen LogP contribution in [0.5, 0.6) is 0 Å². The lowest BCUT2D eigenvalue weighted by Gasteiger charge is -2.25. The standard InChI is InChI=1S/C12H24N2O2S/c1-2-3-9-17(15,16)14(12-6-7-12)10-11-5-4-8-13-11/h11-13H,2-10H2,1H3. The molecule has 1 N–H and O–H groups in total. The number of hydrogen-bond acceptors (Lipinski definition) is 3. The fraction of sp³-hybridized carbons (Fsp3) is 1.00. The van der Waals surface area contributed by atoms with Gasteiger partial charge in [0.05, 0.1) is 5.75 Å². The summed E-state index contributed by atoms with van der Waals surface area (Å²) in [5.41, 5.74) is 0. The van der Waals surface area contributed by atoms with E-state index in [2.05, 4.69) is 5.32 Å². The summed E-state index contributed by atoms with van der Waals surface area (Å²) in [6, 6.07) is 0.686. The molecule has 1 aliphatic carbocycles. The molecule has 4 nitrogen and oxygen atoms in total. The van der Waals surface area contributed by atoms with E-state index < -0.39 is 10.0 Å². The van der Waals surface area contributed by atoms with E-state index in [4.69, 9.17) is 0 Å². The Morgan fingerprint density at radius 1 is 1.29 bits per heavy atom. The zero-order valence-electron chi connectivity index (χ0n) is 10.7. The maximum atomic E-state index is 12.3. The smallest absolute Gasteiger partial charge is 0.214 e. The first-order valence-corrected chi connectivity index (χ1v) is 8.47. The SMILES string of the molecule is CCCCS(=O)(=O)N(CC1CCCN1)C1CC1. The second-order valence-corrected chi connectivity index (χ2v) is 7.30.